The van der Waals surface area contributed by atoms with E-state index in [0.717, 1.165) is 36.5 Å². The second kappa shape index (κ2) is 5.47. The second-order valence-corrected chi connectivity index (χ2v) is 6.16. The lowest BCUT2D eigenvalue weighted by atomic mass is 9.99. The van der Waals surface area contributed by atoms with Crippen LogP contribution in [0.25, 0.3) is 10.2 Å². The Labute approximate surface area is 121 Å². The molecule has 2 heterocycles. The lowest BCUT2D eigenvalue weighted by molar-refractivity contribution is -0.129. The molecule has 3 nitrogen and oxygen atoms in total. The predicted molar refractivity (Wildman–Crippen MR) is 78.9 cm³/mol. The number of carbonyl (C=O) groups excluding carboxylic acids is 1. The quantitative estimate of drug-likeness (QED) is 0.797. The number of benzene rings is 1. The highest BCUT2D eigenvalue weighted by molar-refractivity contribution is 7.18. The highest BCUT2D eigenvalue weighted by Gasteiger charge is 2.26. The van der Waals surface area contributed by atoms with Crippen LogP contribution in [0.5, 0.6) is 0 Å². The van der Waals surface area contributed by atoms with E-state index < -0.39 is 0 Å². The van der Waals surface area contributed by atoms with Gasteiger partial charge in [-0.05, 0) is 25.0 Å². The molecule has 0 N–H and O–H groups in total. The average molecular weight is 295 g/mol. The maximum Gasteiger partial charge on any atom is 0.237 e. The number of fused-ring (bicyclic) bond motifs is 1. The summed E-state index contributed by atoms with van der Waals surface area (Å²) in [6, 6.07) is 8.19. The van der Waals surface area contributed by atoms with Gasteiger partial charge in [0.1, 0.15) is 5.88 Å². The number of hydrogen-bond donors (Lipinski definition) is 0. The van der Waals surface area contributed by atoms with E-state index in [9.17, 15) is 4.79 Å². The van der Waals surface area contributed by atoms with Crippen molar-refractivity contribution in [3.05, 3.63) is 29.3 Å². The van der Waals surface area contributed by atoms with Crippen LogP contribution in [0.4, 0.5) is 0 Å². The zero-order chi connectivity index (χ0) is 13.2. The van der Waals surface area contributed by atoms with Crippen LogP contribution in [-0.2, 0) is 4.79 Å². The molecule has 1 aliphatic rings. The first-order chi connectivity index (χ1) is 9.28. The topological polar surface area (TPSA) is 33.2 Å². The van der Waals surface area contributed by atoms with Gasteiger partial charge in [-0.1, -0.05) is 12.1 Å². The third-order valence-electron chi connectivity index (χ3n) is 3.55. The predicted octanol–water partition coefficient (Wildman–Crippen LogP) is 3.24. The summed E-state index contributed by atoms with van der Waals surface area (Å²) in [4.78, 5) is 18.3. The van der Waals surface area contributed by atoms with Gasteiger partial charge in [-0.2, -0.15) is 0 Å². The third-order valence-corrected chi connectivity index (χ3v) is 4.98. The molecule has 100 valence electrons. The Hall–Kier alpha value is -1.13. The Bertz CT molecular complexity index is 565. The Morgan fingerprint density at radius 2 is 2.32 bits per heavy atom. The van der Waals surface area contributed by atoms with E-state index in [1.807, 2.05) is 23.1 Å². The molecule has 3 rings (SSSR count). The molecule has 1 aromatic carbocycles. The summed E-state index contributed by atoms with van der Waals surface area (Å²) in [5.41, 5.74) is 1.06. The molecule has 0 saturated carbocycles. The van der Waals surface area contributed by atoms with Gasteiger partial charge in [0.05, 0.1) is 15.2 Å². The molecule has 0 spiro atoms. The first-order valence-electron chi connectivity index (χ1n) is 6.47. The van der Waals surface area contributed by atoms with Crippen molar-refractivity contribution in [1.29, 1.82) is 0 Å². The van der Waals surface area contributed by atoms with Crippen LogP contribution in [0.2, 0.25) is 0 Å². The van der Waals surface area contributed by atoms with Crippen molar-refractivity contribution >= 4 is 39.1 Å². The number of aromatic nitrogens is 1. The summed E-state index contributed by atoms with van der Waals surface area (Å²) in [6.45, 7) is 1.58. The third kappa shape index (κ3) is 2.60. The molecule has 0 bridgehead atoms. The molecule has 1 saturated heterocycles. The largest absolute Gasteiger partial charge is 0.341 e. The fourth-order valence-electron chi connectivity index (χ4n) is 2.55. The SMILES string of the molecule is O=C(CCl)N1CCC[C@H](c2nc3ccccc3s2)C1. The molecule has 0 unspecified atom stereocenters. The van der Waals surface area contributed by atoms with Crippen molar-refractivity contribution in [3.8, 4) is 0 Å². The standard InChI is InChI=1S/C14H15ClN2OS/c15-8-13(18)17-7-3-4-10(9-17)14-16-11-5-1-2-6-12(11)19-14/h1-2,5-6,10H,3-4,7-9H2/t10-/m0/s1. The van der Waals surface area contributed by atoms with Crippen LogP contribution < -0.4 is 0 Å². The number of likely N-dealkylation sites (tertiary alicyclic amines) is 1. The Morgan fingerprint density at radius 1 is 1.47 bits per heavy atom. The molecule has 1 amide bonds. The Balaban J connectivity index is 1.83. The molecule has 2 aromatic rings. The monoisotopic (exact) mass is 294 g/mol. The highest BCUT2D eigenvalue weighted by atomic mass is 35.5. The number of carbonyl (C=O) groups is 1. The Kier molecular flexibility index (Phi) is 3.71. The minimum atomic E-state index is 0.0347. The van der Waals surface area contributed by atoms with Crippen molar-refractivity contribution in [2.24, 2.45) is 0 Å². The summed E-state index contributed by atoms with van der Waals surface area (Å²) in [5.74, 6) is 0.470. The van der Waals surface area contributed by atoms with Gasteiger partial charge in [0, 0.05) is 19.0 Å². The van der Waals surface area contributed by atoms with Gasteiger partial charge >= 0.3 is 0 Å². The molecular weight excluding hydrogens is 280 g/mol. The maximum atomic E-state index is 11.7. The molecule has 19 heavy (non-hydrogen) atoms. The lowest BCUT2D eigenvalue weighted by Crippen LogP contribution is -2.39. The zero-order valence-corrected chi connectivity index (χ0v) is 12.1. The van der Waals surface area contributed by atoms with E-state index >= 15 is 0 Å². The number of halogens is 1. The van der Waals surface area contributed by atoms with E-state index in [1.54, 1.807) is 11.3 Å². The second-order valence-electron chi connectivity index (χ2n) is 4.83. The maximum absolute atomic E-state index is 11.7. The molecular formula is C14H15ClN2OS. The van der Waals surface area contributed by atoms with E-state index in [-0.39, 0.29) is 11.8 Å². The summed E-state index contributed by atoms with van der Waals surface area (Å²) in [6.07, 6.45) is 2.13. The number of thiazole rings is 1. The van der Waals surface area contributed by atoms with E-state index in [2.05, 4.69) is 6.07 Å². The number of rotatable bonds is 2. The van der Waals surface area contributed by atoms with Crippen molar-refractivity contribution in [1.82, 2.24) is 9.88 Å². The minimum absolute atomic E-state index is 0.0347. The number of nitrogens with zero attached hydrogens (tertiary/aromatic N) is 2. The summed E-state index contributed by atoms with van der Waals surface area (Å²) >= 11 is 7.38. The fraction of sp³-hybridized carbons (Fsp3) is 0.429. The van der Waals surface area contributed by atoms with Crippen LogP contribution in [0.1, 0.15) is 23.8 Å². The van der Waals surface area contributed by atoms with Crippen LogP contribution >= 0.6 is 22.9 Å². The van der Waals surface area contributed by atoms with Gasteiger partial charge in [-0.25, -0.2) is 4.98 Å². The molecule has 0 aliphatic carbocycles. The van der Waals surface area contributed by atoms with Gasteiger partial charge in [0.25, 0.3) is 0 Å². The summed E-state index contributed by atoms with van der Waals surface area (Å²) in [5, 5.41) is 1.15. The van der Waals surface area contributed by atoms with Gasteiger partial charge in [0.2, 0.25) is 5.91 Å². The van der Waals surface area contributed by atoms with Gasteiger partial charge in [-0.15, -0.1) is 22.9 Å². The lowest BCUT2D eigenvalue weighted by Gasteiger charge is -2.31. The summed E-state index contributed by atoms with van der Waals surface area (Å²) < 4.78 is 1.22. The van der Waals surface area contributed by atoms with E-state index in [4.69, 9.17) is 16.6 Å². The fourth-order valence-corrected chi connectivity index (χ4v) is 3.82. The van der Waals surface area contributed by atoms with Crippen molar-refractivity contribution in [2.45, 2.75) is 18.8 Å². The van der Waals surface area contributed by atoms with Gasteiger partial charge < -0.3 is 4.90 Å². The number of hydrogen-bond acceptors (Lipinski definition) is 3. The normalized spacial score (nSPS) is 19.8. The average Bonchev–Trinajstić information content (AvgIpc) is 2.90. The van der Waals surface area contributed by atoms with Gasteiger partial charge in [-0.3, -0.25) is 4.79 Å². The van der Waals surface area contributed by atoms with Crippen LogP contribution in [0.15, 0.2) is 24.3 Å². The molecule has 1 fully saturated rings. The van der Waals surface area contributed by atoms with Crippen molar-refractivity contribution in [3.63, 3.8) is 0 Å². The first kappa shape index (κ1) is 12.9. The number of piperidine rings is 1. The molecule has 5 heteroatoms. The number of alkyl halides is 1. The Morgan fingerprint density at radius 3 is 3.11 bits per heavy atom. The summed E-state index contributed by atoms with van der Waals surface area (Å²) in [7, 11) is 0. The minimum Gasteiger partial charge on any atom is -0.341 e. The van der Waals surface area contributed by atoms with Gasteiger partial charge in [0.15, 0.2) is 0 Å². The van der Waals surface area contributed by atoms with Crippen molar-refractivity contribution in [2.75, 3.05) is 19.0 Å². The molecule has 1 atom stereocenters. The molecule has 1 aromatic heterocycles. The van der Waals surface area contributed by atoms with Crippen molar-refractivity contribution < 1.29 is 4.79 Å². The van der Waals surface area contributed by atoms with Crippen LogP contribution in [0, 0.1) is 0 Å². The number of amides is 1. The highest BCUT2D eigenvalue weighted by Crippen LogP contribution is 2.32. The van der Waals surface area contributed by atoms with Crippen LogP contribution in [-0.4, -0.2) is 34.8 Å². The first-order valence-corrected chi connectivity index (χ1v) is 7.82. The number of para-hydroxylation sites is 1. The van der Waals surface area contributed by atoms with E-state index in [1.165, 1.54) is 4.70 Å². The molecule has 1 aliphatic heterocycles. The molecule has 0 radical (unpaired) electrons. The zero-order valence-electron chi connectivity index (χ0n) is 10.5. The smallest absolute Gasteiger partial charge is 0.237 e. The van der Waals surface area contributed by atoms with Crippen LogP contribution in [0.3, 0.4) is 0 Å². The van der Waals surface area contributed by atoms with E-state index in [0.29, 0.717) is 5.92 Å².